The fourth-order valence-corrected chi connectivity index (χ4v) is 3.78. The van der Waals surface area contributed by atoms with E-state index in [0.717, 1.165) is 41.2 Å². The SMILES string of the molecule is C/C=C/C1=C(Oc2ccc(C(=O)c3ccc(Oc4ccccc4/C=C/C)cc3)cc2)CCC=C1. The van der Waals surface area contributed by atoms with Crippen molar-refractivity contribution in [3.63, 3.8) is 0 Å². The number of carbonyl (C=O) groups excluding carboxylic acids is 1. The molecule has 0 aromatic heterocycles. The lowest BCUT2D eigenvalue weighted by Crippen LogP contribution is -2.03. The van der Waals surface area contributed by atoms with E-state index in [9.17, 15) is 4.79 Å². The van der Waals surface area contributed by atoms with E-state index in [4.69, 9.17) is 9.47 Å². The summed E-state index contributed by atoms with van der Waals surface area (Å²) in [6.45, 7) is 3.97. The minimum Gasteiger partial charge on any atom is -0.461 e. The Morgan fingerprint density at radius 3 is 2.03 bits per heavy atom. The van der Waals surface area contributed by atoms with Crippen molar-refractivity contribution >= 4 is 11.9 Å². The second-order valence-corrected chi connectivity index (χ2v) is 7.94. The summed E-state index contributed by atoms with van der Waals surface area (Å²) in [7, 11) is 0. The number of hydrogen-bond donors (Lipinski definition) is 0. The molecule has 0 unspecified atom stereocenters. The summed E-state index contributed by atoms with van der Waals surface area (Å²) in [5, 5.41) is 0. The van der Waals surface area contributed by atoms with Gasteiger partial charge in [0.1, 0.15) is 23.0 Å². The lowest BCUT2D eigenvalue weighted by molar-refractivity contribution is 0.103. The van der Waals surface area contributed by atoms with E-state index < -0.39 is 0 Å². The zero-order valence-electron chi connectivity index (χ0n) is 19.5. The molecule has 0 aliphatic heterocycles. The molecule has 3 nitrogen and oxygen atoms in total. The van der Waals surface area contributed by atoms with Crippen molar-refractivity contribution in [3.05, 3.63) is 131 Å². The minimum absolute atomic E-state index is 0.0400. The average molecular weight is 449 g/mol. The van der Waals surface area contributed by atoms with E-state index in [2.05, 4.69) is 18.2 Å². The van der Waals surface area contributed by atoms with Gasteiger partial charge in [-0.15, -0.1) is 0 Å². The molecule has 3 aromatic carbocycles. The second kappa shape index (κ2) is 11.2. The Kier molecular flexibility index (Phi) is 7.56. The van der Waals surface area contributed by atoms with Gasteiger partial charge in [0, 0.05) is 28.7 Å². The van der Waals surface area contributed by atoms with Crippen LogP contribution in [0.1, 0.15) is 48.2 Å². The van der Waals surface area contributed by atoms with E-state index in [1.54, 1.807) is 12.1 Å². The van der Waals surface area contributed by atoms with Crippen molar-refractivity contribution in [1.82, 2.24) is 0 Å². The predicted molar refractivity (Wildman–Crippen MR) is 138 cm³/mol. The maximum absolute atomic E-state index is 13.0. The van der Waals surface area contributed by atoms with Crippen molar-refractivity contribution in [2.75, 3.05) is 0 Å². The van der Waals surface area contributed by atoms with Gasteiger partial charge in [-0.3, -0.25) is 4.79 Å². The lowest BCUT2D eigenvalue weighted by atomic mass is 10.0. The number of hydrogen-bond acceptors (Lipinski definition) is 3. The van der Waals surface area contributed by atoms with Crippen LogP contribution in [0.5, 0.6) is 17.2 Å². The summed E-state index contributed by atoms with van der Waals surface area (Å²) < 4.78 is 12.1. The van der Waals surface area contributed by atoms with Crippen LogP contribution in [0.4, 0.5) is 0 Å². The molecule has 0 saturated carbocycles. The van der Waals surface area contributed by atoms with E-state index in [1.807, 2.05) is 92.7 Å². The lowest BCUT2D eigenvalue weighted by Gasteiger charge is -2.15. The molecule has 170 valence electrons. The van der Waals surface area contributed by atoms with Crippen LogP contribution >= 0.6 is 0 Å². The Balaban J connectivity index is 1.45. The highest BCUT2D eigenvalue weighted by atomic mass is 16.5. The molecule has 0 spiro atoms. The van der Waals surface area contributed by atoms with E-state index in [0.29, 0.717) is 16.9 Å². The van der Waals surface area contributed by atoms with Gasteiger partial charge in [-0.2, -0.15) is 0 Å². The van der Waals surface area contributed by atoms with Crippen molar-refractivity contribution < 1.29 is 14.3 Å². The van der Waals surface area contributed by atoms with E-state index in [-0.39, 0.29) is 5.78 Å². The monoisotopic (exact) mass is 448 g/mol. The van der Waals surface area contributed by atoms with Gasteiger partial charge < -0.3 is 9.47 Å². The van der Waals surface area contributed by atoms with Gasteiger partial charge in [0.15, 0.2) is 5.78 Å². The van der Waals surface area contributed by atoms with Crippen molar-refractivity contribution in [1.29, 1.82) is 0 Å². The van der Waals surface area contributed by atoms with Crippen LogP contribution in [0, 0.1) is 0 Å². The molecule has 34 heavy (non-hydrogen) atoms. The molecule has 0 N–H and O–H groups in total. The number of carbonyl (C=O) groups is 1. The van der Waals surface area contributed by atoms with Crippen LogP contribution < -0.4 is 9.47 Å². The first-order chi connectivity index (χ1) is 16.7. The van der Waals surface area contributed by atoms with Crippen LogP contribution in [0.15, 0.2) is 115 Å². The topological polar surface area (TPSA) is 35.5 Å². The molecule has 1 aliphatic carbocycles. The van der Waals surface area contributed by atoms with Gasteiger partial charge in [-0.1, -0.05) is 54.7 Å². The second-order valence-electron chi connectivity index (χ2n) is 7.94. The van der Waals surface area contributed by atoms with Gasteiger partial charge in [-0.05, 0) is 74.9 Å². The molecule has 0 amide bonds. The molecule has 0 fully saturated rings. The highest BCUT2D eigenvalue weighted by Gasteiger charge is 2.12. The molecule has 3 heteroatoms. The first-order valence-electron chi connectivity index (χ1n) is 11.5. The zero-order valence-corrected chi connectivity index (χ0v) is 19.5. The quantitative estimate of drug-likeness (QED) is 0.325. The summed E-state index contributed by atoms with van der Waals surface area (Å²) in [6.07, 6.45) is 14.1. The van der Waals surface area contributed by atoms with Crippen LogP contribution in [0.25, 0.3) is 6.08 Å². The summed E-state index contributed by atoms with van der Waals surface area (Å²) in [6, 6.07) is 22.4. The normalized spacial score (nSPS) is 13.6. The third kappa shape index (κ3) is 5.62. The molecule has 0 radical (unpaired) electrons. The molecule has 0 atom stereocenters. The van der Waals surface area contributed by atoms with Gasteiger partial charge >= 0.3 is 0 Å². The molecule has 0 heterocycles. The summed E-state index contributed by atoms with van der Waals surface area (Å²) in [4.78, 5) is 13.0. The van der Waals surface area contributed by atoms with Crippen molar-refractivity contribution in [3.8, 4) is 17.2 Å². The maximum atomic E-state index is 13.0. The number of ketones is 1. The van der Waals surface area contributed by atoms with Gasteiger partial charge in [0.25, 0.3) is 0 Å². The van der Waals surface area contributed by atoms with Gasteiger partial charge in [0.2, 0.25) is 0 Å². The van der Waals surface area contributed by atoms with Crippen molar-refractivity contribution in [2.24, 2.45) is 0 Å². The summed E-state index contributed by atoms with van der Waals surface area (Å²) >= 11 is 0. The molecule has 0 saturated heterocycles. The summed E-state index contributed by atoms with van der Waals surface area (Å²) in [5.74, 6) is 3.10. The molecular formula is C31H28O3. The Hall–Kier alpha value is -4.11. The third-order valence-corrected chi connectivity index (χ3v) is 5.47. The highest BCUT2D eigenvalue weighted by Crippen LogP contribution is 2.28. The zero-order chi connectivity index (χ0) is 23.8. The smallest absolute Gasteiger partial charge is 0.193 e. The molecule has 0 bridgehead atoms. The largest absolute Gasteiger partial charge is 0.461 e. The number of benzene rings is 3. The Morgan fingerprint density at radius 2 is 1.38 bits per heavy atom. The Labute approximate surface area is 201 Å². The van der Waals surface area contributed by atoms with Crippen LogP contribution in [-0.4, -0.2) is 5.78 Å². The highest BCUT2D eigenvalue weighted by molar-refractivity contribution is 6.09. The molecule has 3 aromatic rings. The first kappa shape index (κ1) is 23.1. The Bertz CT molecular complexity index is 1250. The molecule has 4 rings (SSSR count). The Morgan fingerprint density at radius 1 is 0.765 bits per heavy atom. The van der Waals surface area contributed by atoms with Crippen LogP contribution in [0.3, 0.4) is 0 Å². The fraction of sp³-hybridized carbons (Fsp3) is 0.129. The van der Waals surface area contributed by atoms with Gasteiger partial charge in [0.05, 0.1) is 0 Å². The average Bonchev–Trinajstić information content (AvgIpc) is 2.87. The fourth-order valence-electron chi connectivity index (χ4n) is 3.78. The standard InChI is InChI=1S/C31H28O3/c1-3-9-23-11-5-7-13-29(23)33-27-19-15-25(16-20-27)31(32)26-17-21-28(22-18-26)34-30-14-8-6-12-24(30)10-4-2/h3-7,9-13,15-22H,8,14H2,1-2H3/b9-3+,10-4+. The molecular weight excluding hydrogens is 420 g/mol. The number of rotatable bonds is 8. The molecule has 1 aliphatic rings. The van der Waals surface area contributed by atoms with Crippen LogP contribution in [0.2, 0.25) is 0 Å². The van der Waals surface area contributed by atoms with Crippen molar-refractivity contribution in [2.45, 2.75) is 26.7 Å². The number of ether oxygens (including phenoxy) is 2. The number of allylic oxidation sites excluding steroid dienone is 7. The summed E-state index contributed by atoms with van der Waals surface area (Å²) in [5.41, 5.74) is 3.32. The predicted octanol–water partition coefficient (Wildman–Crippen LogP) is 8.30. The third-order valence-electron chi connectivity index (χ3n) is 5.47. The van der Waals surface area contributed by atoms with Crippen LogP contribution in [-0.2, 0) is 0 Å². The first-order valence-corrected chi connectivity index (χ1v) is 11.5. The van der Waals surface area contributed by atoms with E-state index >= 15 is 0 Å². The number of para-hydroxylation sites is 1. The van der Waals surface area contributed by atoms with E-state index in [1.165, 1.54) is 0 Å². The van der Waals surface area contributed by atoms with Gasteiger partial charge in [-0.25, -0.2) is 0 Å². The minimum atomic E-state index is -0.0400. The maximum Gasteiger partial charge on any atom is 0.193 e.